The molecule has 0 saturated heterocycles. The SMILES string of the molecule is Cc1cc(Oc2ncccc2C)ccc1C#N. The minimum Gasteiger partial charge on any atom is -0.439 e. The predicted molar refractivity (Wildman–Crippen MR) is 64.9 cm³/mol. The molecule has 0 aliphatic carbocycles. The summed E-state index contributed by atoms with van der Waals surface area (Å²) in [7, 11) is 0. The van der Waals surface area contributed by atoms with Crippen molar-refractivity contribution in [3.63, 3.8) is 0 Å². The van der Waals surface area contributed by atoms with E-state index in [9.17, 15) is 0 Å². The molecule has 0 radical (unpaired) electrons. The number of aryl methyl sites for hydroxylation is 2. The molecule has 0 aliphatic heterocycles. The lowest BCUT2D eigenvalue weighted by molar-refractivity contribution is 0.458. The first-order valence-corrected chi connectivity index (χ1v) is 5.31. The van der Waals surface area contributed by atoms with Crippen LogP contribution in [0.4, 0.5) is 0 Å². The highest BCUT2D eigenvalue weighted by molar-refractivity contribution is 5.43. The van der Waals surface area contributed by atoms with Crippen LogP contribution in [0.5, 0.6) is 11.6 Å². The van der Waals surface area contributed by atoms with E-state index in [1.807, 2.05) is 32.0 Å². The highest BCUT2D eigenvalue weighted by atomic mass is 16.5. The zero-order valence-corrected chi connectivity index (χ0v) is 9.77. The van der Waals surface area contributed by atoms with E-state index in [2.05, 4.69) is 11.1 Å². The van der Waals surface area contributed by atoms with Crippen molar-refractivity contribution in [3.8, 4) is 17.7 Å². The van der Waals surface area contributed by atoms with Crippen LogP contribution in [-0.2, 0) is 0 Å². The van der Waals surface area contributed by atoms with Crippen molar-refractivity contribution in [3.05, 3.63) is 53.2 Å². The van der Waals surface area contributed by atoms with Crippen LogP contribution in [0.3, 0.4) is 0 Å². The molecule has 2 rings (SSSR count). The van der Waals surface area contributed by atoms with Gasteiger partial charge in [0, 0.05) is 11.8 Å². The summed E-state index contributed by atoms with van der Waals surface area (Å²) in [5.41, 5.74) is 2.54. The topological polar surface area (TPSA) is 45.9 Å². The predicted octanol–water partition coefficient (Wildman–Crippen LogP) is 3.36. The van der Waals surface area contributed by atoms with E-state index in [0.29, 0.717) is 17.2 Å². The molecule has 1 aromatic carbocycles. The van der Waals surface area contributed by atoms with Gasteiger partial charge in [0.2, 0.25) is 5.88 Å². The van der Waals surface area contributed by atoms with Gasteiger partial charge in [-0.25, -0.2) is 4.98 Å². The van der Waals surface area contributed by atoms with Crippen molar-refractivity contribution in [1.82, 2.24) is 4.98 Å². The maximum Gasteiger partial charge on any atom is 0.222 e. The van der Waals surface area contributed by atoms with E-state index in [4.69, 9.17) is 10.00 Å². The summed E-state index contributed by atoms with van der Waals surface area (Å²) in [5.74, 6) is 1.29. The smallest absolute Gasteiger partial charge is 0.222 e. The lowest BCUT2D eigenvalue weighted by atomic mass is 10.1. The maximum atomic E-state index is 8.84. The lowest BCUT2D eigenvalue weighted by Gasteiger charge is -2.08. The van der Waals surface area contributed by atoms with Crippen LogP contribution in [0.25, 0.3) is 0 Å². The molecule has 1 aromatic heterocycles. The van der Waals surface area contributed by atoms with Crippen molar-refractivity contribution in [1.29, 1.82) is 5.26 Å². The van der Waals surface area contributed by atoms with Gasteiger partial charge in [-0.15, -0.1) is 0 Å². The van der Waals surface area contributed by atoms with E-state index in [0.717, 1.165) is 11.1 Å². The highest BCUT2D eigenvalue weighted by Crippen LogP contribution is 2.24. The molecule has 84 valence electrons. The third-order valence-corrected chi connectivity index (χ3v) is 2.49. The Morgan fingerprint density at radius 3 is 2.65 bits per heavy atom. The fraction of sp³-hybridized carbons (Fsp3) is 0.143. The number of nitriles is 1. The monoisotopic (exact) mass is 224 g/mol. The molecule has 0 unspecified atom stereocenters. The van der Waals surface area contributed by atoms with Gasteiger partial charge in [-0.05, 0) is 43.7 Å². The number of rotatable bonds is 2. The number of hydrogen-bond donors (Lipinski definition) is 0. The second kappa shape index (κ2) is 4.67. The second-order valence-corrected chi connectivity index (χ2v) is 3.82. The van der Waals surface area contributed by atoms with E-state index in [1.54, 1.807) is 18.3 Å². The van der Waals surface area contributed by atoms with Crippen LogP contribution in [0.1, 0.15) is 16.7 Å². The number of aromatic nitrogens is 1. The summed E-state index contributed by atoms with van der Waals surface area (Å²) in [6.07, 6.45) is 1.69. The average molecular weight is 224 g/mol. The molecule has 2 aromatic rings. The molecular weight excluding hydrogens is 212 g/mol. The fourth-order valence-electron chi connectivity index (χ4n) is 1.51. The average Bonchev–Trinajstić information content (AvgIpc) is 2.32. The molecule has 0 spiro atoms. The molecule has 3 nitrogen and oxygen atoms in total. The summed E-state index contributed by atoms with van der Waals surface area (Å²) in [6.45, 7) is 3.83. The van der Waals surface area contributed by atoms with Crippen molar-refractivity contribution >= 4 is 0 Å². The molecule has 0 bridgehead atoms. The minimum atomic E-state index is 0.594. The Bertz CT molecular complexity index is 585. The number of benzene rings is 1. The maximum absolute atomic E-state index is 8.84. The number of nitrogens with zero attached hydrogens (tertiary/aromatic N) is 2. The zero-order valence-electron chi connectivity index (χ0n) is 9.77. The third kappa shape index (κ3) is 2.43. The van der Waals surface area contributed by atoms with E-state index in [-0.39, 0.29) is 0 Å². The summed E-state index contributed by atoms with van der Waals surface area (Å²) >= 11 is 0. The molecule has 3 heteroatoms. The second-order valence-electron chi connectivity index (χ2n) is 3.82. The van der Waals surface area contributed by atoms with Crippen molar-refractivity contribution in [2.75, 3.05) is 0 Å². The van der Waals surface area contributed by atoms with E-state index >= 15 is 0 Å². The summed E-state index contributed by atoms with van der Waals surface area (Å²) < 4.78 is 5.67. The highest BCUT2D eigenvalue weighted by Gasteiger charge is 2.04. The number of ether oxygens (including phenoxy) is 1. The van der Waals surface area contributed by atoms with E-state index < -0.39 is 0 Å². The summed E-state index contributed by atoms with van der Waals surface area (Å²) in [4.78, 5) is 4.16. The third-order valence-electron chi connectivity index (χ3n) is 2.49. The van der Waals surface area contributed by atoms with Gasteiger partial charge in [0.25, 0.3) is 0 Å². The Morgan fingerprint density at radius 1 is 1.18 bits per heavy atom. The Hall–Kier alpha value is -2.34. The van der Waals surface area contributed by atoms with Gasteiger partial charge in [-0.3, -0.25) is 0 Å². The van der Waals surface area contributed by atoms with Crippen LogP contribution in [0, 0.1) is 25.2 Å². The first-order valence-electron chi connectivity index (χ1n) is 5.31. The Kier molecular flexibility index (Phi) is 3.06. The van der Waals surface area contributed by atoms with Crippen molar-refractivity contribution in [2.24, 2.45) is 0 Å². The minimum absolute atomic E-state index is 0.594. The van der Waals surface area contributed by atoms with Gasteiger partial charge in [-0.1, -0.05) is 6.07 Å². The summed E-state index contributed by atoms with van der Waals surface area (Å²) in [6, 6.07) is 11.3. The van der Waals surface area contributed by atoms with Gasteiger partial charge >= 0.3 is 0 Å². The Labute approximate surface area is 100 Å². The van der Waals surface area contributed by atoms with Crippen LogP contribution in [0.2, 0.25) is 0 Å². The Morgan fingerprint density at radius 2 is 2.00 bits per heavy atom. The quantitative estimate of drug-likeness (QED) is 0.785. The molecule has 1 heterocycles. The first kappa shape index (κ1) is 11.2. The van der Waals surface area contributed by atoms with Gasteiger partial charge in [0.15, 0.2) is 0 Å². The molecule has 0 aliphatic rings. The van der Waals surface area contributed by atoms with Crippen LogP contribution in [-0.4, -0.2) is 4.98 Å². The van der Waals surface area contributed by atoms with Gasteiger partial charge in [0.05, 0.1) is 11.6 Å². The lowest BCUT2D eigenvalue weighted by Crippen LogP contribution is -1.91. The zero-order chi connectivity index (χ0) is 12.3. The molecule has 0 fully saturated rings. The molecule has 0 saturated carbocycles. The summed E-state index contributed by atoms with van der Waals surface area (Å²) in [5, 5.41) is 8.84. The van der Waals surface area contributed by atoms with Crippen molar-refractivity contribution < 1.29 is 4.74 Å². The van der Waals surface area contributed by atoms with Crippen LogP contribution < -0.4 is 4.74 Å². The van der Waals surface area contributed by atoms with Gasteiger partial charge in [0.1, 0.15) is 5.75 Å². The van der Waals surface area contributed by atoms with Crippen LogP contribution in [0.15, 0.2) is 36.5 Å². The Balaban J connectivity index is 2.29. The number of hydrogen-bond acceptors (Lipinski definition) is 3. The first-order chi connectivity index (χ1) is 8.20. The van der Waals surface area contributed by atoms with Gasteiger partial charge in [-0.2, -0.15) is 5.26 Å². The van der Waals surface area contributed by atoms with Crippen LogP contribution >= 0.6 is 0 Å². The molecule has 0 amide bonds. The van der Waals surface area contributed by atoms with E-state index in [1.165, 1.54) is 0 Å². The molecule has 0 atom stereocenters. The molecule has 0 N–H and O–H groups in total. The fourth-order valence-corrected chi connectivity index (χ4v) is 1.51. The molecule has 17 heavy (non-hydrogen) atoms. The standard InChI is InChI=1S/C14H12N2O/c1-10-4-3-7-16-14(10)17-13-6-5-12(9-15)11(2)8-13/h3-8H,1-2H3. The largest absolute Gasteiger partial charge is 0.439 e. The normalized spacial score (nSPS) is 9.71. The number of pyridine rings is 1. The van der Waals surface area contributed by atoms with Crippen molar-refractivity contribution in [2.45, 2.75) is 13.8 Å². The molecular formula is C14H12N2O. The van der Waals surface area contributed by atoms with Gasteiger partial charge < -0.3 is 4.74 Å².